The van der Waals surface area contributed by atoms with Crippen molar-refractivity contribution < 1.29 is 0 Å². The molecule has 6 heteroatoms. The van der Waals surface area contributed by atoms with Gasteiger partial charge in [0.2, 0.25) is 0 Å². The van der Waals surface area contributed by atoms with Crippen LogP contribution < -0.4 is 5.32 Å². The van der Waals surface area contributed by atoms with Crippen molar-refractivity contribution in [3.05, 3.63) is 34.9 Å². The standard InChI is InChI=1S/C18H28ClN3.2ClH/c1-21-11-2-12-22(17-7-9-20-10-8-17)18(14-21)13-15-3-5-16(19)6-4-15;;/h3-6,17-18,20H,2,7-14H2,1H3;2*1H. The lowest BCUT2D eigenvalue weighted by atomic mass is 9.98. The molecule has 24 heavy (non-hydrogen) atoms. The molecule has 0 spiro atoms. The summed E-state index contributed by atoms with van der Waals surface area (Å²) in [5.41, 5.74) is 1.41. The summed E-state index contributed by atoms with van der Waals surface area (Å²) in [6, 6.07) is 9.79. The second kappa shape index (κ2) is 10.8. The zero-order valence-corrected chi connectivity index (χ0v) is 16.8. The molecule has 0 radical (unpaired) electrons. The summed E-state index contributed by atoms with van der Waals surface area (Å²) in [6.45, 7) is 5.98. The van der Waals surface area contributed by atoms with Crippen molar-refractivity contribution in [3.8, 4) is 0 Å². The number of piperidine rings is 1. The van der Waals surface area contributed by atoms with E-state index in [1.807, 2.05) is 12.1 Å². The normalized spacial score (nSPS) is 23.8. The number of hydrogen-bond donors (Lipinski definition) is 1. The van der Waals surface area contributed by atoms with Gasteiger partial charge in [-0.3, -0.25) is 4.90 Å². The maximum absolute atomic E-state index is 6.03. The van der Waals surface area contributed by atoms with E-state index in [0.717, 1.165) is 17.5 Å². The molecule has 2 heterocycles. The molecule has 3 rings (SSSR count). The fourth-order valence-electron chi connectivity index (χ4n) is 3.96. The third kappa shape index (κ3) is 6.05. The lowest BCUT2D eigenvalue weighted by molar-refractivity contribution is 0.108. The Kier molecular flexibility index (Phi) is 9.95. The van der Waals surface area contributed by atoms with E-state index >= 15 is 0 Å². The summed E-state index contributed by atoms with van der Waals surface area (Å²) >= 11 is 6.03. The Bertz CT molecular complexity index is 463. The minimum Gasteiger partial charge on any atom is -0.317 e. The minimum absolute atomic E-state index is 0. The highest BCUT2D eigenvalue weighted by atomic mass is 35.5. The minimum atomic E-state index is 0. The molecule has 1 unspecified atom stereocenters. The zero-order valence-electron chi connectivity index (χ0n) is 14.4. The van der Waals surface area contributed by atoms with E-state index in [1.54, 1.807) is 0 Å². The smallest absolute Gasteiger partial charge is 0.0406 e. The molecule has 0 amide bonds. The van der Waals surface area contributed by atoms with E-state index < -0.39 is 0 Å². The van der Waals surface area contributed by atoms with Crippen molar-refractivity contribution in [2.75, 3.05) is 39.8 Å². The first-order valence-corrected chi connectivity index (χ1v) is 8.99. The zero-order chi connectivity index (χ0) is 15.4. The van der Waals surface area contributed by atoms with Crippen molar-refractivity contribution in [2.45, 2.75) is 37.8 Å². The predicted octanol–water partition coefficient (Wildman–Crippen LogP) is 3.48. The van der Waals surface area contributed by atoms with E-state index in [2.05, 4.69) is 34.3 Å². The number of likely N-dealkylation sites (N-methyl/N-ethyl adjacent to an activating group) is 1. The molecule has 2 saturated heterocycles. The van der Waals surface area contributed by atoms with E-state index in [4.69, 9.17) is 11.6 Å². The number of benzene rings is 1. The molecule has 0 saturated carbocycles. The monoisotopic (exact) mass is 393 g/mol. The van der Waals surface area contributed by atoms with Crippen molar-refractivity contribution in [3.63, 3.8) is 0 Å². The number of hydrogen-bond acceptors (Lipinski definition) is 3. The molecule has 2 aliphatic heterocycles. The van der Waals surface area contributed by atoms with Crippen LogP contribution in [0.5, 0.6) is 0 Å². The predicted molar refractivity (Wildman–Crippen MR) is 108 cm³/mol. The van der Waals surface area contributed by atoms with Gasteiger partial charge in [0.25, 0.3) is 0 Å². The molecule has 0 aliphatic carbocycles. The average molecular weight is 395 g/mol. The number of halogens is 3. The van der Waals surface area contributed by atoms with Crippen LogP contribution in [0.25, 0.3) is 0 Å². The van der Waals surface area contributed by atoms with Crippen LogP contribution in [0.3, 0.4) is 0 Å². The van der Waals surface area contributed by atoms with Gasteiger partial charge in [0.05, 0.1) is 0 Å². The van der Waals surface area contributed by atoms with Crippen LogP contribution in [0.15, 0.2) is 24.3 Å². The van der Waals surface area contributed by atoms with Gasteiger partial charge in [-0.2, -0.15) is 0 Å². The molecule has 1 atom stereocenters. The van der Waals surface area contributed by atoms with Crippen LogP contribution in [0, 0.1) is 0 Å². The molecule has 3 nitrogen and oxygen atoms in total. The molecular weight excluding hydrogens is 365 g/mol. The summed E-state index contributed by atoms with van der Waals surface area (Å²) in [5.74, 6) is 0. The highest BCUT2D eigenvalue weighted by Gasteiger charge is 2.30. The Balaban J connectivity index is 0.00000144. The lowest BCUT2D eigenvalue weighted by Gasteiger charge is -2.39. The average Bonchev–Trinajstić information content (AvgIpc) is 2.72. The summed E-state index contributed by atoms with van der Waals surface area (Å²) in [6.07, 6.45) is 5.00. The Hall–Kier alpha value is -0.0300. The van der Waals surface area contributed by atoms with E-state index in [1.165, 1.54) is 57.5 Å². The van der Waals surface area contributed by atoms with Gasteiger partial charge >= 0.3 is 0 Å². The van der Waals surface area contributed by atoms with Gasteiger partial charge in [-0.25, -0.2) is 0 Å². The summed E-state index contributed by atoms with van der Waals surface area (Å²) in [7, 11) is 2.26. The third-order valence-corrected chi connectivity index (χ3v) is 5.36. The second-order valence-electron chi connectivity index (χ2n) is 6.82. The van der Waals surface area contributed by atoms with Crippen LogP contribution in [0.2, 0.25) is 5.02 Å². The van der Waals surface area contributed by atoms with Crippen LogP contribution in [0.1, 0.15) is 24.8 Å². The summed E-state index contributed by atoms with van der Waals surface area (Å²) in [5, 5.41) is 4.33. The number of nitrogens with one attached hydrogen (secondary N) is 1. The van der Waals surface area contributed by atoms with Gasteiger partial charge in [-0.15, -0.1) is 24.8 Å². The van der Waals surface area contributed by atoms with Crippen molar-refractivity contribution in [2.24, 2.45) is 0 Å². The van der Waals surface area contributed by atoms with Crippen molar-refractivity contribution in [1.82, 2.24) is 15.1 Å². The van der Waals surface area contributed by atoms with E-state index in [9.17, 15) is 0 Å². The Morgan fingerprint density at radius 3 is 2.42 bits per heavy atom. The quantitative estimate of drug-likeness (QED) is 0.846. The molecule has 1 aromatic carbocycles. The molecule has 2 fully saturated rings. The van der Waals surface area contributed by atoms with E-state index in [-0.39, 0.29) is 24.8 Å². The van der Waals surface area contributed by atoms with Gasteiger partial charge in [0.1, 0.15) is 0 Å². The molecule has 2 aliphatic rings. The largest absolute Gasteiger partial charge is 0.317 e. The number of nitrogens with zero attached hydrogens (tertiary/aromatic N) is 2. The second-order valence-corrected chi connectivity index (χ2v) is 7.26. The number of rotatable bonds is 3. The van der Waals surface area contributed by atoms with Crippen LogP contribution in [-0.2, 0) is 6.42 Å². The highest BCUT2D eigenvalue weighted by molar-refractivity contribution is 6.30. The third-order valence-electron chi connectivity index (χ3n) is 5.11. The molecule has 138 valence electrons. The van der Waals surface area contributed by atoms with Gasteiger partial charge in [0.15, 0.2) is 0 Å². The Morgan fingerprint density at radius 2 is 1.75 bits per heavy atom. The van der Waals surface area contributed by atoms with Crippen LogP contribution >= 0.6 is 36.4 Å². The van der Waals surface area contributed by atoms with Crippen LogP contribution in [-0.4, -0.2) is 61.7 Å². The van der Waals surface area contributed by atoms with Crippen molar-refractivity contribution in [1.29, 1.82) is 0 Å². The maximum atomic E-state index is 6.03. The molecular formula is C18H30Cl3N3. The van der Waals surface area contributed by atoms with Crippen molar-refractivity contribution >= 4 is 36.4 Å². The molecule has 1 N–H and O–H groups in total. The molecule has 0 aromatic heterocycles. The molecule has 0 bridgehead atoms. The van der Waals surface area contributed by atoms with Gasteiger partial charge < -0.3 is 10.2 Å². The first-order chi connectivity index (χ1) is 10.7. The lowest BCUT2D eigenvalue weighted by Crippen LogP contribution is -2.50. The van der Waals surface area contributed by atoms with E-state index in [0.29, 0.717) is 6.04 Å². The summed E-state index contributed by atoms with van der Waals surface area (Å²) in [4.78, 5) is 5.31. The maximum Gasteiger partial charge on any atom is 0.0406 e. The Morgan fingerprint density at radius 1 is 1.08 bits per heavy atom. The molecule has 1 aromatic rings. The fourth-order valence-corrected chi connectivity index (χ4v) is 4.08. The van der Waals surface area contributed by atoms with Gasteiger partial charge in [0, 0.05) is 30.2 Å². The van der Waals surface area contributed by atoms with Gasteiger partial charge in [-0.05, 0) is 70.1 Å². The highest BCUT2D eigenvalue weighted by Crippen LogP contribution is 2.22. The van der Waals surface area contributed by atoms with Gasteiger partial charge in [-0.1, -0.05) is 23.7 Å². The first-order valence-electron chi connectivity index (χ1n) is 8.62. The summed E-state index contributed by atoms with van der Waals surface area (Å²) < 4.78 is 0. The SMILES string of the molecule is CN1CCCN(C2CCNCC2)C(Cc2ccc(Cl)cc2)C1.Cl.Cl. The topological polar surface area (TPSA) is 18.5 Å². The fraction of sp³-hybridized carbons (Fsp3) is 0.667. The van der Waals surface area contributed by atoms with Crippen LogP contribution in [0.4, 0.5) is 0 Å². The Labute approximate surface area is 163 Å². The first kappa shape index (κ1) is 22.0.